The molecule has 1 saturated heterocycles. The Bertz CT molecular complexity index is 1330. The third-order valence-corrected chi connectivity index (χ3v) is 7.37. The monoisotopic (exact) mass is 439 g/mol. The number of methoxy groups -OCH3 is 2. The molecule has 6 rings (SSSR count). The Labute approximate surface area is 194 Å². The maximum atomic E-state index is 6.20. The van der Waals surface area contributed by atoms with Crippen LogP contribution in [-0.4, -0.2) is 31.7 Å². The summed E-state index contributed by atoms with van der Waals surface area (Å²) in [5.41, 5.74) is 4.10. The molecule has 1 fully saturated rings. The molecule has 2 aliphatic rings. The molecule has 0 radical (unpaired) electrons. The van der Waals surface area contributed by atoms with Gasteiger partial charge in [-0.05, 0) is 88.3 Å². The summed E-state index contributed by atoms with van der Waals surface area (Å²) in [5, 5.41) is 5.02. The minimum atomic E-state index is 0.559. The summed E-state index contributed by atoms with van der Waals surface area (Å²) in [7, 11) is 3.41. The summed E-state index contributed by atoms with van der Waals surface area (Å²) < 4.78 is 17.6. The van der Waals surface area contributed by atoms with Gasteiger partial charge in [-0.15, -0.1) is 0 Å². The van der Waals surface area contributed by atoms with Gasteiger partial charge in [0.1, 0.15) is 12.4 Å². The smallest absolute Gasteiger partial charge is 0.161 e. The van der Waals surface area contributed by atoms with Crippen LogP contribution in [0.5, 0.6) is 17.2 Å². The lowest BCUT2D eigenvalue weighted by Crippen LogP contribution is -2.35. The van der Waals surface area contributed by atoms with Crippen molar-refractivity contribution in [2.75, 3.05) is 20.8 Å². The predicted molar refractivity (Wildman–Crippen MR) is 132 cm³/mol. The maximum Gasteiger partial charge on any atom is 0.161 e. The zero-order valence-corrected chi connectivity index (χ0v) is 19.3. The van der Waals surface area contributed by atoms with E-state index in [9.17, 15) is 0 Å². The highest BCUT2D eigenvalue weighted by Gasteiger charge is 2.32. The average molecular weight is 440 g/mol. The van der Waals surface area contributed by atoms with E-state index in [0.717, 1.165) is 30.2 Å². The van der Waals surface area contributed by atoms with Crippen molar-refractivity contribution in [2.24, 2.45) is 0 Å². The molecule has 0 spiro atoms. The second-order valence-electron chi connectivity index (χ2n) is 9.16. The van der Waals surface area contributed by atoms with Gasteiger partial charge in [-0.2, -0.15) is 0 Å². The van der Waals surface area contributed by atoms with Crippen LogP contribution in [0.15, 0.2) is 60.7 Å². The standard InChI is InChI=1S/C29H29NO3/c1-31-28-15-25-24-14-21(33-18-19-7-4-3-5-8-19)10-11-22(24)23-13-20-9-6-12-30(20)17-27(23)26(25)16-29(28)32-2/h3-5,7-8,10-11,14-16,20H,6,9,12-13,17-18H2,1-2H3. The van der Waals surface area contributed by atoms with Crippen LogP contribution < -0.4 is 14.2 Å². The van der Waals surface area contributed by atoms with Gasteiger partial charge in [0.05, 0.1) is 14.2 Å². The zero-order chi connectivity index (χ0) is 22.4. The van der Waals surface area contributed by atoms with Crippen LogP contribution in [0.1, 0.15) is 29.5 Å². The first-order valence-corrected chi connectivity index (χ1v) is 11.8. The third-order valence-electron chi connectivity index (χ3n) is 7.37. The molecule has 0 aromatic heterocycles. The minimum absolute atomic E-state index is 0.559. The Kier molecular flexibility index (Phi) is 5.11. The number of rotatable bonds is 5. The number of benzene rings is 4. The maximum absolute atomic E-state index is 6.20. The van der Waals surface area contributed by atoms with Gasteiger partial charge < -0.3 is 14.2 Å². The fraction of sp³-hybridized carbons (Fsp3) is 0.310. The van der Waals surface area contributed by atoms with E-state index in [1.807, 2.05) is 18.2 Å². The van der Waals surface area contributed by atoms with Crippen molar-refractivity contribution in [1.82, 2.24) is 4.90 Å². The van der Waals surface area contributed by atoms with Crippen LogP contribution >= 0.6 is 0 Å². The van der Waals surface area contributed by atoms with Crippen molar-refractivity contribution in [2.45, 2.75) is 38.5 Å². The van der Waals surface area contributed by atoms with E-state index < -0.39 is 0 Å². The molecule has 2 aliphatic heterocycles. The molecule has 0 N–H and O–H groups in total. The van der Waals surface area contributed by atoms with Crippen LogP contribution in [-0.2, 0) is 19.6 Å². The first kappa shape index (κ1) is 20.4. The lowest BCUT2D eigenvalue weighted by atomic mass is 9.85. The molecule has 0 aliphatic carbocycles. The van der Waals surface area contributed by atoms with Gasteiger partial charge in [0.2, 0.25) is 0 Å². The molecule has 168 valence electrons. The summed E-state index contributed by atoms with van der Waals surface area (Å²) in [6.07, 6.45) is 3.70. The molecule has 4 nitrogen and oxygen atoms in total. The average Bonchev–Trinajstić information content (AvgIpc) is 3.34. The highest BCUT2D eigenvalue weighted by atomic mass is 16.5. The lowest BCUT2D eigenvalue weighted by Gasteiger charge is -2.33. The predicted octanol–water partition coefficient (Wildman–Crippen LogP) is 6.11. The second-order valence-corrected chi connectivity index (χ2v) is 9.16. The minimum Gasteiger partial charge on any atom is -0.493 e. The Morgan fingerprint density at radius 2 is 1.58 bits per heavy atom. The second kappa shape index (κ2) is 8.27. The summed E-state index contributed by atoms with van der Waals surface area (Å²) in [6.45, 7) is 2.76. The Morgan fingerprint density at radius 1 is 0.818 bits per heavy atom. The molecule has 0 bridgehead atoms. The molecular formula is C29H29NO3. The van der Waals surface area contributed by atoms with Crippen LogP contribution in [0.3, 0.4) is 0 Å². The first-order valence-electron chi connectivity index (χ1n) is 11.8. The van der Waals surface area contributed by atoms with Crippen molar-refractivity contribution < 1.29 is 14.2 Å². The summed E-state index contributed by atoms with van der Waals surface area (Å²) in [6, 6.07) is 21.9. The first-order chi connectivity index (χ1) is 16.2. The molecule has 33 heavy (non-hydrogen) atoms. The van der Waals surface area contributed by atoms with Gasteiger partial charge in [-0.3, -0.25) is 4.90 Å². The highest BCUT2D eigenvalue weighted by Crippen LogP contribution is 2.44. The zero-order valence-electron chi connectivity index (χ0n) is 19.3. The fourth-order valence-corrected chi connectivity index (χ4v) is 5.70. The number of nitrogens with zero attached hydrogens (tertiary/aromatic N) is 1. The number of hydrogen-bond acceptors (Lipinski definition) is 4. The van der Waals surface area contributed by atoms with E-state index in [1.54, 1.807) is 14.2 Å². The van der Waals surface area contributed by atoms with Gasteiger partial charge in [0.25, 0.3) is 0 Å². The molecular weight excluding hydrogens is 410 g/mol. The molecule has 1 atom stereocenters. The van der Waals surface area contributed by atoms with Crippen molar-refractivity contribution in [3.8, 4) is 17.2 Å². The number of fused-ring (bicyclic) bond motifs is 7. The quantitative estimate of drug-likeness (QED) is 0.351. The molecule has 0 saturated carbocycles. The van der Waals surface area contributed by atoms with Gasteiger partial charge in [0, 0.05) is 12.6 Å². The SMILES string of the molecule is COc1cc2c3c(c4ccc(OCc5ccccc5)cc4c2cc1OC)CC1CCCN1C3. The summed E-state index contributed by atoms with van der Waals surface area (Å²) in [4.78, 5) is 2.65. The van der Waals surface area contributed by atoms with Crippen molar-refractivity contribution in [1.29, 1.82) is 0 Å². The van der Waals surface area contributed by atoms with Crippen LogP contribution in [0.25, 0.3) is 21.5 Å². The molecule has 1 unspecified atom stereocenters. The molecule has 2 heterocycles. The lowest BCUT2D eigenvalue weighted by molar-refractivity contribution is 0.229. The van der Waals surface area contributed by atoms with E-state index in [-0.39, 0.29) is 0 Å². The van der Waals surface area contributed by atoms with E-state index in [4.69, 9.17) is 14.2 Å². The molecule has 4 aromatic rings. The van der Waals surface area contributed by atoms with Gasteiger partial charge in [-0.1, -0.05) is 36.4 Å². The topological polar surface area (TPSA) is 30.9 Å². The molecule has 4 aromatic carbocycles. The third kappa shape index (κ3) is 3.50. The van der Waals surface area contributed by atoms with Crippen molar-refractivity contribution >= 4 is 21.5 Å². The fourth-order valence-electron chi connectivity index (χ4n) is 5.70. The summed E-state index contributed by atoms with van der Waals surface area (Å²) >= 11 is 0. The number of hydrogen-bond donors (Lipinski definition) is 0. The largest absolute Gasteiger partial charge is 0.493 e. The van der Waals surface area contributed by atoms with Crippen molar-refractivity contribution in [3.63, 3.8) is 0 Å². The normalized spacial score (nSPS) is 17.7. The number of ether oxygens (including phenoxy) is 3. The molecule has 4 heteroatoms. The Balaban J connectivity index is 1.53. The molecule has 0 amide bonds. The van der Waals surface area contributed by atoms with Gasteiger partial charge in [0.15, 0.2) is 11.5 Å². The van der Waals surface area contributed by atoms with E-state index in [0.29, 0.717) is 12.6 Å². The van der Waals surface area contributed by atoms with Crippen LogP contribution in [0.2, 0.25) is 0 Å². The van der Waals surface area contributed by atoms with E-state index in [2.05, 4.69) is 47.4 Å². The van der Waals surface area contributed by atoms with Crippen LogP contribution in [0, 0.1) is 0 Å². The van der Waals surface area contributed by atoms with Gasteiger partial charge in [-0.25, -0.2) is 0 Å². The van der Waals surface area contributed by atoms with Gasteiger partial charge >= 0.3 is 0 Å². The Hall–Kier alpha value is -3.24. The highest BCUT2D eigenvalue weighted by molar-refractivity contribution is 6.12. The van der Waals surface area contributed by atoms with Crippen molar-refractivity contribution in [3.05, 3.63) is 77.4 Å². The van der Waals surface area contributed by atoms with E-state index in [1.165, 1.54) is 57.6 Å². The Morgan fingerprint density at radius 3 is 2.36 bits per heavy atom. The van der Waals surface area contributed by atoms with E-state index >= 15 is 0 Å². The van der Waals surface area contributed by atoms with Crippen LogP contribution in [0.4, 0.5) is 0 Å². The summed E-state index contributed by atoms with van der Waals surface area (Å²) in [5.74, 6) is 2.43.